The van der Waals surface area contributed by atoms with Crippen LogP contribution in [0.5, 0.6) is 0 Å². The first kappa shape index (κ1) is 89.4. The minimum Gasteiger partial charge on any atom is -0.378 e. The highest BCUT2D eigenvalue weighted by atomic mass is 35.5. The summed E-state index contributed by atoms with van der Waals surface area (Å²) in [5.41, 5.74) is -1.76. The fraction of sp³-hybridized carbons (Fsp3) is 0.836. The lowest BCUT2D eigenvalue weighted by Gasteiger charge is -2.43. The Balaban J connectivity index is 1.32. The molecule has 3 unspecified atom stereocenters. The number of hydrogen-bond acceptors (Lipinski definition) is 14. The summed E-state index contributed by atoms with van der Waals surface area (Å²) in [6, 6.07) is -11.8. The molecule has 1 spiro atoms. The second-order valence-electron chi connectivity index (χ2n) is 31.4. The molecule has 26 nitrogen and oxygen atoms in total. The molecule has 12 amide bonds. The predicted octanol–water partition coefficient (Wildman–Crippen LogP) is 6.04. The summed E-state index contributed by atoms with van der Waals surface area (Å²) in [5, 5.41) is 6.75. The normalized spacial score (nSPS) is 30.8. The highest BCUT2D eigenvalue weighted by molar-refractivity contribution is 6.21. The first-order valence-electron chi connectivity index (χ1n) is 38.4. The number of likely N-dealkylation sites (N-methyl/N-ethyl adjacent to an activating group) is 7. The molecule has 7 aliphatic rings. The zero-order valence-corrected chi connectivity index (χ0v) is 65.1. The van der Waals surface area contributed by atoms with Gasteiger partial charge in [-0.2, -0.15) is 39.5 Å². The largest absolute Gasteiger partial charge is 0.393 e. The van der Waals surface area contributed by atoms with Crippen molar-refractivity contribution in [2.75, 3.05) is 108 Å². The number of halogens is 10. The monoisotopic (exact) mass is 1590 g/mol. The third kappa shape index (κ3) is 23.2. The zero-order chi connectivity index (χ0) is 80.9. The van der Waals surface area contributed by atoms with Gasteiger partial charge in [0.2, 0.25) is 70.9 Å². The molecule has 0 aromatic rings. The summed E-state index contributed by atoms with van der Waals surface area (Å²) in [6.45, 7) is 2.23. The Morgan fingerprint density at radius 2 is 1.21 bits per heavy atom. The number of morpholine rings is 1. The molecule has 0 radical (unpaired) electrons. The lowest BCUT2D eigenvalue weighted by atomic mass is 9.78. The van der Waals surface area contributed by atoms with Gasteiger partial charge in [0, 0.05) is 87.4 Å². The van der Waals surface area contributed by atoms with E-state index in [1.807, 2.05) is 0 Å². The summed E-state index contributed by atoms with van der Waals surface area (Å²) in [7, 11) is 8.24. The highest BCUT2D eigenvalue weighted by Gasteiger charge is 2.54. The van der Waals surface area contributed by atoms with E-state index < -0.39 is 217 Å². The van der Waals surface area contributed by atoms with Crippen LogP contribution in [-0.2, 0) is 67.0 Å². The van der Waals surface area contributed by atoms with Crippen molar-refractivity contribution < 1.29 is 107 Å². The second kappa shape index (κ2) is 38.6. The smallest absolute Gasteiger partial charge is 0.378 e. The molecule has 109 heavy (non-hydrogen) atoms. The number of nitrogens with zero attached hydrogens (tertiary/aromatic N) is 9. The number of rotatable bonds is 12. The predicted molar refractivity (Wildman–Crippen MR) is 378 cm³/mol. The zero-order valence-electron chi connectivity index (χ0n) is 64.3. The van der Waals surface area contributed by atoms with Crippen LogP contribution in [0.4, 0.5) is 39.5 Å². The third-order valence-corrected chi connectivity index (χ3v) is 24.3. The van der Waals surface area contributed by atoms with Gasteiger partial charge in [-0.3, -0.25) is 57.5 Å². The van der Waals surface area contributed by atoms with Gasteiger partial charge in [-0.05, 0) is 120 Å². The van der Waals surface area contributed by atoms with Crippen LogP contribution in [0.15, 0.2) is 0 Å². The summed E-state index contributed by atoms with van der Waals surface area (Å²) in [4.78, 5) is 189. The van der Waals surface area contributed by atoms with Crippen LogP contribution in [-0.4, -0.2) is 301 Å². The Labute approximate surface area is 636 Å². The number of nitrogens with one attached hydrogen (secondary N) is 3. The van der Waals surface area contributed by atoms with Crippen molar-refractivity contribution in [3.63, 3.8) is 0 Å². The fourth-order valence-corrected chi connectivity index (χ4v) is 17.4. The number of fused-ring (bicyclic) bond motifs is 1. The standard InChI is InChI=1S/C73H112ClF9N12O14/c1-11-43(3)60-67(105)89(6)41-58(98)87(4)42-59(99)90(7)53(35-45-20-24-47(25-21-45)72(78,79)80)65(103)88(5)40-56(96)84-51(27-23-44-22-26-49(50(74)34-44)73(81,82)83)64(102)95-39-48(109-12-2)36-52(95)63(101)86-70(28-16-17-29-70)69(107)93(10)61(46-18-14-13-15-19-46)68(106)92(9)54(66(104)94-30-32-108-33-31-94)37-57(97)91(8)55(62(100)85-60)38-71(75,76)77/h43-55,60-61H,11-42H2,1-10H3,(H,84,96)(H,85,100)(H,86,101)/t43-,44?,45?,47?,48+,49?,50?,51-,52-,53-,54-,55-,60-,61-/m0/s1. The van der Waals surface area contributed by atoms with Crippen molar-refractivity contribution in [3.05, 3.63) is 0 Å². The molecule has 0 aromatic heterocycles. The van der Waals surface area contributed by atoms with Crippen LogP contribution in [0.1, 0.15) is 168 Å². The van der Waals surface area contributed by atoms with E-state index in [9.17, 15) is 77.9 Å². The van der Waals surface area contributed by atoms with Crippen LogP contribution in [0, 0.1) is 35.5 Å². The molecule has 12 atom stereocenters. The first-order chi connectivity index (χ1) is 51.0. The molecular formula is C73H112ClF9N12O14. The van der Waals surface area contributed by atoms with Crippen molar-refractivity contribution in [1.82, 2.24) is 60.0 Å². The number of carbonyl (C=O) groups excluding carboxylic acids is 12. The lowest BCUT2D eigenvalue weighted by Crippen LogP contribution is -2.65. The quantitative estimate of drug-likeness (QED) is 0.148. The van der Waals surface area contributed by atoms with Crippen LogP contribution in [0.25, 0.3) is 0 Å². The maximum Gasteiger partial charge on any atom is 0.393 e. The number of amides is 12. The van der Waals surface area contributed by atoms with Gasteiger partial charge in [0.25, 0.3) is 0 Å². The van der Waals surface area contributed by atoms with Crippen LogP contribution >= 0.6 is 11.6 Å². The molecule has 3 N–H and O–H groups in total. The maximum absolute atomic E-state index is 15.8. The van der Waals surface area contributed by atoms with E-state index in [1.54, 1.807) is 13.8 Å². The second-order valence-corrected chi connectivity index (χ2v) is 31.9. The highest BCUT2D eigenvalue weighted by Crippen LogP contribution is 2.45. The SMILES string of the molecule is CCO[C@@H]1C[C@H]2C(=O)NC3(CCCC3)C(=O)N(C)[C@@H](C3CCCCC3)C(=O)N(C)[C@H](C(=O)N3CCOCC3)CC(=O)N(C)[C@@H](CC(F)(F)F)C(=O)N[C@@H]([C@@H](C)CC)C(=O)N(C)CC(=O)N(C)CC(=O)N(C)[C@@H](CC3CCC(C(F)(F)F)CC3)C(=O)N(C)CC(=O)N[C@@H](CCC3CCC(C(F)(F)F)C(Cl)C3)C(=O)N2C1. The van der Waals surface area contributed by atoms with E-state index in [-0.39, 0.29) is 129 Å². The van der Waals surface area contributed by atoms with Gasteiger partial charge in [-0.25, -0.2) is 0 Å². The van der Waals surface area contributed by atoms with Gasteiger partial charge < -0.3 is 69.5 Å². The van der Waals surface area contributed by atoms with Gasteiger partial charge in [-0.15, -0.1) is 11.6 Å². The van der Waals surface area contributed by atoms with Crippen molar-refractivity contribution >= 4 is 82.5 Å². The Morgan fingerprint density at radius 1 is 0.615 bits per heavy atom. The molecule has 7 fully saturated rings. The molecular weight excluding hydrogens is 1480 g/mol. The molecule has 3 heterocycles. The van der Waals surface area contributed by atoms with Crippen molar-refractivity contribution in [3.8, 4) is 0 Å². The average Bonchev–Trinajstić information content (AvgIpc) is 1.67. The van der Waals surface area contributed by atoms with Gasteiger partial charge >= 0.3 is 18.5 Å². The summed E-state index contributed by atoms with van der Waals surface area (Å²) in [6.07, 6.45) is -16.0. The minimum absolute atomic E-state index is 0.0208. The van der Waals surface area contributed by atoms with Gasteiger partial charge in [-0.1, -0.05) is 52.4 Å². The van der Waals surface area contributed by atoms with Crippen LogP contribution in [0.2, 0.25) is 0 Å². The molecule has 618 valence electrons. The van der Waals surface area contributed by atoms with E-state index in [0.29, 0.717) is 43.4 Å². The molecule has 0 bridgehead atoms. The Kier molecular flexibility index (Phi) is 31.7. The van der Waals surface area contributed by atoms with E-state index in [2.05, 4.69) is 16.0 Å². The molecule has 3 aliphatic heterocycles. The van der Waals surface area contributed by atoms with E-state index in [1.165, 1.54) is 56.9 Å². The van der Waals surface area contributed by atoms with Crippen LogP contribution < -0.4 is 16.0 Å². The van der Waals surface area contributed by atoms with Gasteiger partial charge in [0.1, 0.15) is 47.8 Å². The van der Waals surface area contributed by atoms with E-state index >= 15 is 19.2 Å². The summed E-state index contributed by atoms with van der Waals surface area (Å²) < 4.78 is 140. The Hall–Kier alpha value is -6.78. The minimum atomic E-state index is -5.15. The van der Waals surface area contributed by atoms with Crippen LogP contribution in [0.3, 0.4) is 0 Å². The van der Waals surface area contributed by atoms with E-state index in [0.717, 1.165) is 45.0 Å². The number of ether oxygens (including phenoxy) is 2. The average molecular weight is 1590 g/mol. The first-order valence-corrected chi connectivity index (χ1v) is 38.8. The fourth-order valence-electron chi connectivity index (χ4n) is 16.9. The lowest BCUT2D eigenvalue weighted by molar-refractivity contribution is -0.184. The Bertz CT molecular complexity index is 3210. The topological polar surface area (TPSA) is 289 Å². The molecule has 36 heteroatoms. The van der Waals surface area contributed by atoms with E-state index in [4.69, 9.17) is 21.1 Å². The van der Waals surface area contributed by atoms with Gasteiger partial charge in [0.15, 0.2) is 0 Å². The van der Waals surface area contributed by atoms with Crippen molar-refractivity contribution in [2.45, 2.75) is 246 Å². The number of alkyl halides is 10. The van der Waals surface area contributed by atoms with Gasteiger partial charge in [0.05, 0.1) is 63.6 Å². The molecule has 3 saturated heterocycles. The molecule has 4 saturated carbocycles. The molecule has 4 aliphatic carbocycles. The molecule has 7 rings (SSSR count). The number of hydrogen-bond donors (Lipinski definition) is 3. The summed E-state index contributed by atoms with van der Waals surface area (Å²) in [5.74, 6) is -17.4. The molecule has 0 aromatic carbocycles. The summed E-state index contributed by atoms with van der Waals surface area (Å²) >= 11 is 6.40. The maximum atomic E-state index is 15.8. The van der Waals surface area contributed by atoms with Crippen molar-refractivity contribution in [1.29, 1.82) is 0 Å². The Morgan fingerprint density at radius 3 is 1.79 bits per heavy atom. The third-order valence-electron chi connectivity index (χ3n) is 23.8. The number of carbonyl (C=O) groups is 12. The van der Waals surface area contributed by atoms with Crippen molar-refractivity contribution in [2.24, 2.45) is 35.5 Å².